The Morgan fingerprint density at radius 1 is 1.44 bits per heavy atom. The van der Waals surface area contributed by atoms with Crippen molar-refractivity contribution in [3.63, 3.8) is 0 Å². The van der Waals surface area contributed by atoms with Crippen LogP contribution < -0.4 is 10.9 Å². The Kier molecular flexibility index (Phi) is 3.00. The van der Waals surface area contributed by atoms with E-state index in [9.17, 15) is 9.90 Å². The van der Waals surface area contributed by atoms with Gasteiger partial charge in [0.05, 0.1) is 12.1 Å². The van der Waals surface area contributed by atoms with Crippen LogP contribution in [0.25, 0.3) is 4.96 Å². The standard InChI is InChI=1S/C11H14N4O2S/c16-8-4-2-1-3-7(8)13-10-14-15-9(17)5-6-12-11(15)18-10/h5-8,16H,1-4H2,(H,13,14). The lowest BCUT2D eigenvalue weighted by molar-refractivity contribution is 0.116. The molecule has 2 aromatic rings. The fourth-order valence-corrected chi connectivity index (χ4v) is 3.08. The van der Waals surface area contributed by atoms with Gasteiger partial charge in [0.15, 0.2) is 0 Å². The summed E-state index contributed by atoms with van der Waals surface area (Å²) in [6.45, 7) is 0. The van der Waals surface area contributed by atoms with E-state index in [1.54, 1.807) is 0 Å². The minimum Gasteiger partial charge on any atom is -0.391 e. The van der Waals surface area contributed by atoms with Crippen molar-refractivity contribution in [2.75, 3.05) is 5.32 Å². The molecule has 96 valence electrons. The fraction of sp³-hybridized carbons (Fsp3) is 0.545. The third-order valence-electron chi connectivity index (χ3n) is 3.21. The first-order valence-electron chi connectivity index (χ1n) is 6.03. The van der Waals surface area contributed by atoms with E-state index < -0.39 is 0 Å². The molecule has 3 rings (SSSR count). The molecule has 2 N–H and O–H groups in total. The highest BCUT2D eigenvalue weighted by atomic mass is 32.1. The van der Waals surface area contributed by atoms with Crippen molar-refractivity contribution in [3.8, 4) is 0 Å². The van der Waals surface area contributed by atoms with Gasteiger partial charge in [0.1, 0.15) is 0 Å². The molecule has 2 atom stereocenters. The maximum atomic E-state index is 11.5. The summed E-state index contributed by atoms with van der Waals surface area (Å²) in [6, 6.07) is 1.40. The second-order valence-corrected chi connectivity index (χ2v) is 5.44. The highest BCUT2D eigenvalue weighted by molar-refractivity contribution is 7.20. The molecule has 2 heterocycles. The predicted octanol–water partition coefficient (Wildman–Crippen LogP) is 0.866. The Morgan fingerprint density at radius 2 is 2.28 bits per heavy atom. The SMILES string of the molecule is O=c1ccnc2sc(NC3CCCCC3O)nn12. The van der Waals surface area contributed by atoms with E-state index in [1.165, 1.54) is 28.1 Å². The van der Waals surface area contributed by atoms with E-state index in [-0.39, 0.29) is 17.7 Å². The van der Waals surface area contributed by atoms with Gasteiger partial charge in [-0.3, -0.25) is 4.79 Å². The van der Waals surface area contributed by atoms with Crippen LogP contribution in [0.2, 0.25) is 0 Å². The second-order valence-electron chi connectivity index (χ2n) is 4.49. The first-order valence-corrected chi connectivity index (χ1v) is 6.85. The van der Waals surface area contributed by atoms with Crippen LogP contribution in [0.4, 0.5) is 5.13 Å². The molecule has 18 heavy (non-hydrogen) atoms. The summed E-state index contributed by atoms with van der Waals surface area (Å²) >= 11 is 1.33. The normalized spacial score (nSPS) is 24.3. The first kappa shape index (κ1) is 11.6. The molecule has 1 saturated carbocycles. The molecular formula is C11H14N4O2S. The molecule has 6 nitrogen and oxygen atoms in total. The molecule has 0 aliphatic heterocycles. The lowest BCUT2D eigenvalue weighted by Crippen LogP contribution is -2.36. The second kappa shape index (κ2) is 4.66. The van der Waals surface area contributed by atoms with Gasteiger partial charge >= 0.3 is 0 Å². The summed E-state index contributed by atoms with van der Waals surface area (Å²) in [7, 11) is 0. The number of hydrogen-bond acceptors (Lipinski definition) is 6. The largest absolute Gasteiger partial charge is 0.391 e. The minimum absolute atomic E-state index is 0.0232. The Morgan fingerprint density at radius 3 is 3.06 bits per heavy atom. The van der Waals surface area contributed by atoms with E-state index in [0.29, 0.717) is 10.1 Å². The lowest BCUT2D eigenvalue weighted by atomic mass is 9.93. The monoisotopic (exact) mass is 266 g/mol. The van der Waals surface area contributed by atoms with Crippen LogP contribution in [-0.2, 0) is 0 Å². The number of anilines is 1. The third-order valence-corrected chi connectivity index (χ3v) is 4.06. The molecule has 2 unspecified atom stereocenters. The van der Waals surface area contributed by atoms with Gasteiger partial charge in [-0.25, -0.2) is 4.98 Å². The van der Waals surface area contributed by atoms with Gasteiger partial charge in [-0.1, -0.05) is 24.2 Å². The van der Waals surface area contributed by atoms with Gasteiger partial charge in [-0.2, -0.15) is 4.52 Å². The molecule has 0 radical (unpaired) electrons. The zero-order chi connectivity index (χ0) is 12.5. The molecule has 0 aromatic carbocycles. The van der Waals surface area contributed by atoms with Crippen LogP contribution in [0.3, 0.4) is 0 Å². The van der Waals surface area contributed by atoms with Crippen molar-refractivity contribution < 1.29 is 5.11 Å². The number of nitrogens with zero attached hydrogens (tertiary/aromatic N) is 3. The summed E-state index contributed by atoms with van der Waals surface area (Å²) in [5.74, 6) is 0. The average Bonchev–Trinajstić information content (AvgIpc) is 2.76. The first-order chi connectivity index (χ1) is 8.74. The Bertz CT molecular complexity index is 608. The Hall–Kier alpha value is -1.47. The average molecular weight is 266 g/mol. The maximum Gasteiger partial charge on any atom is 0.275 e. The zero-order valence-electron chi connectivity index (χ0n) is 9.74. The van der Waals surface area contributed by atoms with Crippen molar-refractivity contribution >= 4 is 21.4 Å². The molecule has 0 saturated heterocycles. The summed E-state index contributed by atoms with van der Waals surface area (Å²) in [4.78, 5) is 16.2. The summed E-state index contributed by atoms with van der Waals surface area (Å²) < 4.78 is 1.28. The van der Waals surface area contributed by atoms with E-state index >= 15 is 0 Å². The molecular weight excluding hydrogens is 252 g/mol. The molecule has 2 aromatic heterocycles. The number of aliphatic hydroxyl groups is 1. The van der Waals surface area contributed by atoms with Gasteiger partial charge in [0, 0.05) is 12.3 Å². The molecule has 1 aliphatic rings. The van der Waals surface area contributed by atoms with Crippen molar-refractivity contribution in [2.24, 2.45) is 0 Å². The number of fused-ring (bicyclic) bond motifs is 1. The molecule has 0 amide bonds. The van der Waals surface area contributed by atoms with Gasteiger partial charge in [0.25, 0.3) is 5.56 Å². The Balaban J connectivity index is 1.86. The third kappa shape index (κ3) is 2.11. The van der Waals surface area contributed by atoms with Crippen molar-refractivity contribution in [2.45, 2.75) is 37.8 Å². The number of aliphatic hydroxyl groups excluding tert-OH is 1. The topological polar surface area (TPSA) is 79.5 Å². The van der Waals surface area contributed by atoms with Gasteiger partial charge in [0.2, 0.25) is 10.1 Å². The highest BCUT2D eigenvalue weighted by Crippen LogP contribution is 2.24. The van der Waals surface area contributed by atoms with E-state index in [0.717, 1.165) is 25.7 Å². The number of hydrogen-bond donors (Lipinski definition) is 2. The van der Waals surface area contributed by atoms with Crippen LogP contribution in [-0.4, -0.2) is 31.9 Å². The van der Waals surface area contributed by atoms with Crippen molar-refractivity contribution in [1.82, 2.24) is 14.6 Å². The summed E-state index contributed by atoms with van der Waals surface area (Å²) in [5, 5.41) is 17.9. The molecule has 7 heteroatoms. The number of rotatable bonds is 2. The number of nitrogens with one attached hydrogen (secondary N) is 1. The van der Waals surface area contributed by atoms with E-state index in [4.69, 9.17) is 0 Å². The van der Waals surface area contributed by atoms with Gasteiger partial charge in [-0.15, -0.1) is 5.10 Å². The van der Waals surface area contributed by atoms with Crippen molar-refractivity contribution in [3.05, 3.63) is 22.6 Å². The lowest BCUT2D eigenvalue weighted by Gasteiger charge is -2.27. The minimum atomic E-state index is -0.338. The maximum absolute atomic E-state index is 11.5. The predicted molar refractivity (Wildman–Crippen MR) is 69.0 cm³/mol. The molecule has 0 bridgehead atoms. The molecule has 0 spiro atoms. The van der Waals surface area contributed by atoms with Crippen LogP contribution in [0.5, 0.6) is 0 Å². The smallest absolute Gasteiger partial charge is 0.275 e. The highest BCUT2D eigenvalue weighted by Gasteiger charge is 2.23. The van der Waals surface area contributed by atoms with Crippen LogP contribution >= 0.6 is 11.3 Å². The molecule has 1 aliphatic carbocycles. The van der Waals surface area contributed by atoms with Gasteiger partial charge < -0.3 is 10.4 Å². The van der Waals surface area contributed by atoms with Crippen molar-refractivity contribution in [1.29, 1.82) is 0 Å². The van der Waals surface area contributed by atoms with Gasteiger partial charge in [-0.05, 0) is 12.8 Å². The number of aromatic nitrogens is 3. The molecule has 1 fully saturated rings. The quantitative estimate of drug-likeness (QED) is 0.843. The van der Waals surface area contributed by atoms with Crippen LogP contribution in [0, 0.1) is 0 Å². The zero-order valence-corrected chi connectivity index (χ0v) is 10.6. The van der Waals surface area contributed by atoms with E-state index in [2.05, 4.69) is 15.4 Å². The summed E-state index contributed by atoms with van der Waals surface area (Å²) in [6.07, 6.45) is 5.07. The Labute approximate surface area is 107 Å². The van der Waals surface area contributed by atoms with Crippen LogP contribution in [0.1, 0.15) is 25.7 Å². The fourth-order valence-electron chi connectivity index (χ4n) is 2.24. The van der Waals surface area contributed by atoms with E-state index in [1.807, 2.05) is 0 Å². The van der Waals surface area contributed by atoms with Crippen LogP contribution in [0.15, 0.2) is 17.1 Å². The summed E-state index contributed by atoms with van der Waals surface area (Å²) in [5.41, 5.74) is -0.187.